The van der Waals surface area contributed by atoms with Crippen LogP contribution in [0.1, 0.15) is 17.1 Å². The zero-order chi connectivity index (χ0) is 13.0. The Morgan fingerprint density at radius 2 is 2.56 bits per heavy atom. The highest BCUT2D eigenvalue weighted by Crippen LogP contribution is 2.07. The molecule has 1 atom stereocenters. The number of rotatable bonds is 5. The second-order valence-corrected chi connectivity index (χ2v) is 4.40. The van der Waals surface area contributed by atoms with Crippen LogP contribution in [-0.2, 0) is 11.2 Å². The van der Waals surface area contributed by atoms with E-state index >= 15 is 0 Å². The second kappa shape index (κ2) is 5.54. The number of carboxylic acids is 1. The van der Waals surface area contributed by atoms with E-state index in [1.165, 1.54) is 17.6 Å². The molecular formula is C11H11N3O3S. The fraction of sp³-hybridized carbons (Fsp3) is 0.273. The SMILES string of the molecule is Cc1cc(/C=N/C(Cc2cscn2)C(=O)O)no1. The summed E-state index contributed by atoms with van der Waals surface area (Å²) in [5.41, 5.74) is 2.90. The van der Waals surface area contributed by atoms with Gasteiger partial charge in [-0.1, -0.05) is 5.16 Å². The largest absolute Gasteiger partial charge is 0.480 e. The molecular weight excluding hydrogens is 254 g/mol. The molecule has 7 heteroatoms. The van der Waals surface area contributed by atoms with E-state index in [4.69, 9.17) is 9.63 Å². The average Bonchev–Trinajstić information content (AvgIpc) is 2.95. The molecule has 1 N–H and O–H groups in total. The van der Waals surface area contributed by atoms with Gasteiger partial charge >= 0.3 is 5.97 Å². The van der Waals surface area contributed by atoms with E-state index in [2.05, 4.69) is 15.1 Å². The molecule has 0 saturated heterocycles. The predicted octanol–water partition coefficient (Wildman–Crippen LogP) is 1.55. The number of carbonyl (C=O) groups is 1. The molecule has 0 spiro atoms. The summed E-state index contributed by atoms with van der Waals surface area (Å²) in [6.07, 6.45) is 1.67. The van der Waals surface area contributed by atoms with Gasteiger partial charge in [-0.25, -0.2) is 9.78 Å². The second-order valence-electron chi connectivity index (χ2n) is 3.68. The van der Waals surface area contributed by atoms with Crippen molar-refractivity contribution in [1.82, 2.24) is 10.1 Å². The number of aliphatic carboxylic acids is 1. The molecule has 0 aliphatic carbocycles. The highest BCUT2D eigenvalue weighted by Gasteiger charge is 2.17. The predicted molar refractivity (Wildman–Crippen MR) is 66.1 cm³/mol. The number of nitrogens with zero attached hydrogens (tertiary/aromatic N) is 3. The van der Waals surface area contributed by atoms with Gasteiger partial charge in [-0.2, -0.15) is 0 Å². The Bertz CT molecular complexity index is 548. The summed E-state index contributed by atoms with van der Waals surface area (Å²) in [5, 5.41) is 14.6. The lowest BCUT2D eigenvalue weighted by molar-refractivity contribution is -0.138. The fourth-order valence-electron chi connectivity index (χ4n) is 1.35. The standard InChI is InChI=1S/C11H11N3O3S/c1-7-2-8(14-17-7)4-12-10(11(15)16)3-9-5-18-6-13-9/h2,4-6,10H,3H2,1H3,(H,15,16)/b12-4+. The van der Waals surface area contributed by atoms with Crippen LogP contribution in [0.15, 0.2) is 26.5 Å². The van der Waals surface area contributed by atoms with Crippen molar-refractivity contribution >= 4 is 23.5 Å². The Hall–Kier alpha value is -2.02. The molecule has 0 saturated carbocycles. The summed E-state index contributed by atoms with van der Waals surface area (Å²) in [6.45, 7) is 1.76. The monoisotopic (exact) mass is 265 g/mol. The number of thiazole rings is 1. The number of hydrogen-bond donors (Lipinski definition) is 1. The van der Waals surface area contributed by atoms with Crippen molar-refractivity contribution in [2.24, 2.45) is 4.99 Å². The highest BCUT2D eigenvalue weighted by atomic mass is 32.1. The average molecular weight is 265 g/mol. The van der Waals surface area contributed by atoms with Gasteiger partial charge in [0.1, 0.15) is 11.5 Å². The van der Waals surface area contributed by atoms with Crippen LogP contribution < -0.4 is 0 Å². The van der Waals surface area contributed by atoms with E-state index in [1.54, 1.807) is 18.5 Å². The number of aliphatic imine (C=N–C) groups is 1. The van der Waals surface area contributed by atoms with Crippen LogP contribution in [-0.4, -0.2) is 33.5 Å². The van der Waals surface area contributed by atoms with Gasteiger partial charge < -0.3 is 9.63 Å². The van der Waals surface area contributed by atoms with Crippen LogP contribution in [0, 0.1) is 6.92 Å². The summed E-state index contributed by atoms with van der Waals surface area (Å²) in [6, 6.07) is 0.828. The van der Waals surface area contributed by atoms with Gasteiger partial charge in [-0.3, -0.25) is 4.99 Å². The molecule has 2 heterocycles. The highest BCUT2D eigenvalue weighted by molar-refractivity contribution is 7.07. The molecule has 18 heavy (non-hydrogen) atoms. The summed E-state index contributed by atoms with van der Waals surface area (Å²) in [7, 11) is 0. The molecule has 6 nitrogen and oxygen atoms in total. The molecule has 2 rings (SSSR count). The molecule has 0 fully saturated rings. The lowest BCUT2D eigenvalue weighted by Gasteiger charge is -2.03. The quantitative estimate of drug-likeness (QED) is 0.828. The van der Waals surface area contributed by atoms with Gasteiger partial charge in [0.25, 0.3) is 0 Å². The molecule has 94 valence electrons. The third-order valence-electron chi connectivity index (χ3n) is 2.20. The van der Waals surface area contributed by atoms with Crippen LogP contribution in [0.4, 0.5) is 0 Å². The maximum Gasteiger partial charge on any atom is 0.328 e. The molecule has 2 aromatic rings. The van der Waals surface area contributed by atoms with Gasteiger partial charge in [0.05, 0.1) is 17.4 Å². The molecule has 0 aliphatic heterocycles. The van der Waals surface area contributed by atoms with Crippen molar-refractivity contribution < 1.29 is 14.4 Å². The summed E-state index contributed by atoms with van der Waals surface area (Å²) < 4.78 is 4.86. The van der Waals surface area contributed by atoms with Gasteiger partial charge in [0.2, 0.25) is 0 Å². The summed E-state index contributed by atoms with van der Waals surface area (Å²) in [4.78, 5) is 19.1. The third kappa shape index (κ3) is 3.24. The topological polar surface area (TPSA) is 88.6 Å². The van der Waals surface area contributed by atoms with E-state index in [-0.39, 0.29) is 6.42 Å². The lowest BCUT2D eigenvalue weighted by Crippen LogP contribution is -2.21. The van der Waals surface area contributed by atoms with Crippen molar-refractivity contribution in [3.8, 4) is 0 Å². The Morgan fingerprint density at radius 1 is 1.72 bits per heavy atom. The number of hydrogen-bond acceptors (Lipinski definition) is 6. The normalized spacial score (nSPS) is 12.9. The lowest BCUT2D eigenvalue weighted by atomic mass is 10.2. The van der Waals surface area contributed by atoms with E-state index in [0.717, 1.165) is 5.69 Å². The van der Waals surface area contributed by atoms with Crippen molar-refractivity contribution in [1.29, 1.82) is 0 Å². The Morgan fingerprint density at radius 3 is 3.11 bits per heavy atom. The van der Waals surface area contributed by atoms with Gasteiger partial charge in [0.15, 0.2) is 6.04 Å². The zero-order valence-electron chi connectivity index (χ0n) is 9.61. The van der Waals surface area contributed by atoms with E-state index in [1.807, 2.05) is 5.38 Å². The molecule has 0 aromatic carbocycles. The first-order chi connectivity index (χ1) is 8.65. The number of aryl methyl sites for hydroxylation is 1. The minimum absolute atomic E-state index is 0.270. The minimum Gasteiger partial charge on any atom is -0.480 e. The first kappa shape index (κ1) is 12.4. The molecule has 2 aromatic heterocycles. The zero-order valence-corrected chi connectivity index (χ0v) is 10.4. The van der Waals surface area contributed by atoms with Gasteiger partial charge in [-0.15, -0.1) is 11.3 Å². The Kier molecular flexibility index (Phi) is 3.83. The molecule has 0 amide bonds. The number of carboxylic acid groups (broad SMARTS) is 1. The Balaban J connectivity index is 2.06. The van der Waals surface area contributed by atoms with Crippen LogP contribution in [0.2, 0.25) is 0 Å². The summed E-state index contributed by atoms with van der Waals surface area (Å²) in [5.74, 6) is -0.331. The van der Waals surface area contributed by atoms with Gasteiger partial charge in [-0.05, 0) is 6.92 Å². The smallest absolute Gasteiger partial charge is 0.328 e. The molecule has 1 unspecified atom stereocenters. The first-order valence-electron chi connectivity index (χ1n) is 5.21. The minimum atomic E-state index is -0.987. The first-order valence-corrected chi connectivity index (χ1v) is 6.16. The van der Waals surface area contributed by atoms with Gasteiger partial charge in [0, 0.05) is 17.9 Å². The van der Waals surface area contributed by atoms with Crippen molar-refractivity contribution in [2.45, 2.75) is 19.4 Å². The van der Waals surface area contributed by atoms with Crippen LogP contribution in [0.25, 0.3) is 0 Å². The van der Waals surface area contributed by atoms with Crippen molar-refractivity contribution in [2.75, 3.05) is 0 Å². The van der Waals surface area contributed by atoms with E-state index in [9.17, 15) is 4.79 Å². The van der Waals surface area contributed by atoms with Crippen molar-refractivity contribution in [3.05, 3.63) is 34.1 Å². The molecule has 0 bridgehead atoms. The Labute approximate surface area is 107 Å². The van der Waals surface area contributed by atoms with Crippen LogP contribution >= 0.6 is 11.3 Å². The fourth-order valence-corrected chi connectivity index (χ4v) is 1.92. The van der Waals surface area contributed by atoms with Crippen LogP contribution in [0.3, 0.4) is 0 Å². The van der Waals surface area contributed by atoms with Crippen LogP contribution in [0.5, 0.6) is 0 Å². The number of aromatic nitrogens is 2. The maximum absolute atomic E-state index is 11.1. The molecule has 0 radical (unpaired) electrons. The third-order valence-corrected chi connectivity index (χ3v) is 2.84. The maximum atomic E-state index is 11.1. The van der Waals surface area contributed by atoms with Crippen molar-refractivity contribution in [3.63, 3.8) is 0 Å². The summed E-state index contributed by atoms with van der Waals surface area (Å²) >= 11 is 1.43. The van der Waals surface area contributed by atoms with E-state index in [0.29, 0.717) is 11.5 Å². The molecule has 0 aliphatic rings. The van der Waals surface area contributed by atoms with E-state index < -0.39 is 12.0 Å².